The molecule has 3 amide bonds. The Kier molecular flexibility index (Phi) is 6.09. The Labute approximate surface area is 154 Å². The van der Waals surface area contributed by atoms with Gasteiger partial charge in [-0.05, 0) is 26.0 Å². The highest BCUT2D eigenvalue weighted by Crippen LogP contribution is 2.37. The number of primary amides is 1. The van der Waals surface area contributed by atoms with Crippen LogP contribution in [0.15, 0.2) is 24.3 Å². The molecular weight excluding hydrogens is 365 g/mol. The first-order chi connectivity index (χ1) is 12.5. The zero-order chi connectivity index (χ0) is 20.4. The predicted octanol–water partition coefficient (Wildman–Crippen LogP) is 1.49. The van der Waals surface area contributed by atoms with Gasteiger partial charge < -0.3 is 11.1 Å². The Morgan fingerprint density at radius 1 is 1.30 bits per heavy atom. The van der Waals surface area contributed by atoms with Crippen molar-refractivity contribution in [2.24, 2.45) is 5.73 Å². The second kappa shape index (κ2) is 7.95. The van der Waals surface area contributed by atoms with Crippen LogP contribution in [0.5, 0.6) is 0 Å². The average Bonchev–Trinajstić information content (AvgIpc) is 2.68. The Bertz CT molecular complexity index is 736. The van der Waals surface area contributed by atoms with Crippen molar-refractivity contribution in [2.45, 2.75) is 38.5 Å². The molecule has 27 heavy (non-hydrogen) atoms. The van der Waals surface area contributed by atoms with Crippen LogP contribution in [0.25, 0.3) is 0 Å². The van der Waals surface area contributed by atoms with Gasteiger partial charge in [-0.15, -0.1) is 0 Å². The van der Waals surface area contributed by atoms with Crippen molar-refractivity contribution in [3.05, 3.63) is 24.3 Å². The van der Waals surface area contributed by atoms with Crippen LogP contribution >= 0.6 is 0 Å². The lowest BCUT2D eigenvalue weighted by molar-refractivity contribution is -0.158. The molecular formula is C17H21F3N4O3. The number of carbonyl (C=O) groups excluding carboxylic acids is 3. The van der Waals surface area contributed by atoms with Gasteiger partial charge >= 0.3 is 6.18 Å². The van der Waals surface area contributed by atoms with Crippen molar-refractivity contribution in [2.75, 3.05) is 23.3 Å². The predicted molar refractivity (Wildman–Crippen MR) is 92.9 cm³/mol. The molecule has 7 nitrogen and oxygen atoms in total. The number of amides is 3. The minimum atomic E-state index is -4.81. The number of nitrogens with one attached hydrogen (secondary N) is 1. The third-order valence-corrected chi connectivity index (χ3v) is 4.20. The zero-order valence-electron chi connectivity index (χ0n) is 14.9. The molecule has 0 aromatic heterocycles. The Morgan fingerprint density at radius 2 is 1.93 bits per heavy atom. The van der Waals surface area contributed by atoms with E-state index in [0.717, 1.165) is 0 Å². The van der Waals surface area contributed by atoms with Crippen molar-refractivity contribution in [1.82, 2.24) is 4.90 Å². The standard InChI is InChI=1S/C17H21F3N4O3/c1-10(2)23(8-14(21)25)9-16(27)24-12-6-4-3-5-11(12)22-15(26)7-13(24)17(18,19)20/h3-6,10,13H,7-9H2,1-2H3,(H2,21,25)(H,22,26). The maximum atomic E-state index is 13.6. The molecule has 3 N–H and O–H groups in total. The summed E-state index contributed by atoms with van der Waals surface area (Å²) >= 11 is 0. The number of benzene rings is 1. The van der Waals surface area contributed by atoms with Crippen LogP contribution in [-0.2, 0) is 14.4 Å². The van der Waals surface area contributed by atoms with E-state index in [1.165, 1.54) is 23.1 Å². The number of nitrogens with zero attached hydrogens (tertiary/aromatic N) is 2. The number of anilines is 2. The molecule has 1 atom stereocenters. The topological polar surface area (TPSA) is 95.7 Å². The number of halogens is 3. The molecule has 0 spiro atoms. The van der Waals surface area contributed by atoms with Gasteiger partial charge in [-0.25, -0.2) is 0 Å². The number of para-hydroxylation sites is 2. The number of hydrogen-bond donors (Lipinski definition) is 2. The molecule has 1 aliphatic rings. The van der Waals surface area contributed by atoms with Gasteiger partial charge in [0.1, 0.15) is 6.04 Å². The first-order valence-electron chi connectivity index (χ1n) is 8.30. The zero-order valence-corrected chi connectivity index (χ0v) is 14.9. The first kappa shape index (κ1) is 20.7. The van der Waals surface area contributed by atoms with E-state index in [0.29, 0.717) is 4.90 Å². The highest BCUT2D eigenvalue weighted by atomic mass is 19.4. The van der Waals surface area contributed by atoms with E-state index in [1.54, 1.807) is 19.9 Å². The van der Waals surface area contributed by atoms with Crippen LogP contribution in [0, 0.1) is 0 Å². The highest BCUT2D eigenvalue weighted by Gasteiger charge is 2.49. The number of carbonyl (C=O) groups is 3. The summed E-state index contributed by atoms with van der Waals surface area (Å²) < 4.78 is 40.9. The molecule has 1 unspecified atom stereocenters. The minimum absolute atomic E-state index is 0.0431. The fourth-order valence-corrected chi connectivity index (χ4v) is 2.87. The van der Waals surface area contributed by atoms with Gasteiger partial charge in [-0.1, -0.05) is 12.1 Å². The van der Waals surface area contributed by atoms with E-state index >= 15 is 0 Å². The van der Waals surface area contributed by atoms with Gasteiger partial charge in [-0.2, -0.15) is 13.2 Å². The molecule has 1 aliphatic heterocycles. The van der Waals surface area contributed by atoms with Crippen LogP contribution in [0.3, 0.4) is 0 Å². The number of fused-ring (bicyclic) bond motifs is 1. The van der Waals surface area contributed by atoms with Gasteiger partial charge in [-0.3, -0.25) is 24.2 Å². The molecule has 148 valence electrons. The maximum Gasteiger partial charge on any atom is 0.409 e. The van der Waals surface area contributed by atoms with Gasteiger partial charge in [0.15, 0.2) is 0 Å². The van der Waals surface area contributed by atoms with Crippen LogP contribution in [0.1, 0.15) is 20.3 Å². The molecule has 1 aromatic carbocycles. The second-order valence-electron chi connectivity index (χ2n) is 6.56. The van der Waals surface area contributed by atoms with Crippen molar-refractivity contribution in [3.8, 4) is 0 Å². The first-order valence-corrected chi connectivity index (χ1v) is 8.30. The van der Waals surface area contributed by atoms with E-state index in [9.17, 15) is 27.6 Å². The normalized spacial score (nSPS) is 17.5. The summed E-state index contributed by atoms with van der Waals surface area (Å²) in [7, 11) is 0. The summed E-state index contributed by atoms with van der Waals surface area (Å²) in [5.74, 6) is -2.41. The van der Waals surface area contributed by atoms with E-state index in [1.807, 2.05) is 0 Å². The molecule has 0 saturated heterocycles. The third-order valence-electron chi connectivity index (χ3n) is 4.20. The van der Waals surface area contributed by atoms with E-state index in [2.05, 4.69) is 5.32 Å². The van der Waals surface area contributed by atoms with E-state index < -0.39 is 42.9 Å². The molecule has 0 aliphatic carbocycles. The molecule has 0 bridgehead atoms. The van der Waals surface area contributed by atoms with E-state index in [-0.39, 0.29) is 24.0 Å². The molecule has 0 saturated carbocycles. The van der Waals surface area contributed by atoms with E-state index in [4.69, 9.17) is 5.73 Å². The van der Waals surface area contributed by atoms with Crippen LogP contribution in [0.2, 0.25) is 0 Å². The lowest BCUT2D eigenvalue weighted by Crippen LogP contribution is -2.53. The average molecular weight is 386 g/mol. The summed E-state index contributed by atoms with van der Waals surface area (Å²) in [6.45, 7) is 2.67. The highest BCUT2D eigenvalue weighted by molar-refractivity contribution is 6.05. The number of nitrogens with two attached hydrogens (primary N) is 1. The van der Waals surface area contributed by atoms with Gasteiger partial charge in [0.2, 0.25) is 17.7 Å². The molecule has 1 aromatic rings. The largest absolute Gasteiger partial charge is 0.409 e. The molecule has 2 rings (SSSR count). The molecule has 1 heterocycles. The fraction of sp³-hybridized carbons (Fsp3) is 0.471. The number of rotatable bonds is 5. The van der Waals surface area contributed by atoms with Gasteiger partial charge in [0, 0.05) is 6.04 Å². The quantitative estimate of drug-likeness (QED) is 0.802. The van der Waals surface area contributed by atoms with Crippen LogP contribution in [-0.4, -0.2) is 54.0 Å². The maximum absolute atomic E-state index is 13.6. The molecule has 10 heteroatoms. The number of hydrogen-bond acceptors (Lipinski definition) is 4. The number of alkyl halides is 3. The smallest absolute Gasteiger partial charge is 0.369 e. The Morgan fingerprint density at radius 3 is 2.48 bits per heavy atom. The second-order valence-corrected chi connectivity index (χ2v) is 6.56. The van der Waals surface area contributed by atoms with Gasteiger partial charge in [0.05, 0.1) is 30.9 Å². The summed E-state index contributed by atoms with van der Waals surface area (Å²) in [5.41, 5.74) is 5.24. The third kappa shape index (κ3) is 4.97. The fourth-order valence-electron chi connectivity index (χ4n) is 2.87. The van der Waals surface area contributed by atoms with Gasteiger partial charge in [0.25, 0.3) is 0 Å². The van der Waals surface area contributed by atoms with Crippen LogP contribution in [0.4, 0.5) is 24.5 Å². The lowest BCUT2D eigenvalue weighted by atomic mass is 10.1. The van der Waals surface area contributed by atoms with Crippen LogP contribution < -0.4 is 16.0 Å². The molecule has 0 radical (unpaired) electrons. The minimum Gasteiger partial charge on any atom is -0.369 e. The van der Waals surface area contributed by atoms with Crippen molar-refractivity contribution in [3.63, 3.8) is 0 Å². The Balaban J connectivity index is 2.45. The Hall–Kier alpha value is -2.62. The molecule has 0 fully saturated rings. The van der Waals surface area contributed by atoms with Crippen molar-refractivity contribution < 1.29 is 27.6 Å². The summed E-state index contributed by atoms with van der Waals surface area (Å²) in [4.78, 5) is 38.0. The lowest BCUT2D eigenvalue weighted by Gasteiger charge is -2.34. The van der Waals surface area contributed by atoms with Crippen molar-refractivity contribution in [1.29, 1.82) is 0 Å². The monoisotopic (exact) mass is 386 g/mol. The summed E-state index contributed by atoms with van der Waals surface area (Å²) in [5, 5.41) is 2.40. The SMILES string of the molecule is CC(C)N(CC(N)=O)CC(=O)N1c2ccccc2NC(=O)CC1C(F)(F)F. The van der Waals surface area contributed by atoms with Crippen molar-refractivity contribution >= 4 is 29.1 Å². The summed E-state index contributed by atoms with van der Waals surface area (Å²) in [6, 6.07) is 3.18. The summed E-state index contributed by atoms with van der Waals surface area (Å²) in [6.07, 6.45) is -5.72.